The number of piperidine rings is 1. The molecule has 0 saturated carbocycles. The molecule has 1 aromatic carbocycles. The minimum atomic E-state index is -4.72. The second-order valence-corrected chi connectivity index (χ2v) is 11.6. The number of benzene rings is 1. The summed E-state index contributed by atoms with van der Waals surface area (Å²) in [5, 5.41) is 3.82. The van der Waals surface area contributed by atoms with Crippen LogP contribution in [0.2, 0.25) is 0 Å². The van der Waals surface area contributed by atoms with Gasteiger partial charge in [-0.2, -0.15) is 22.6 Å². The summed E-state index contributed by atoms with van der Waals surface area (Å²) in [6.45, 7) is -0.375. The predicted molar refractivity (Wildman–Crippen MR) is 141 cm³/mol. The molecule has 5 rings (SSSR count). The fraction of sp³-hybridized carbons (Fsp3) is 0.259. The van der Waals surface area contributed by atoms with Crippen molar-refractivity contribution < 1.29 is 30.8 Å². The highest BCUT2D eigenvalue weighted by Gasteiger charge is 2.52. The lowest BCUT2D eigenvalue weighted by Crippen LogP contribution is -2.53. The third kappa shape index (κ3) is 5.20. The van der Waals surface area contributed by atoms with Crippen molar-refractivity contribution in [2.75, 3.05) is 13.1 Å². The molecular weight excluding hydrogens is 564 g/mol. The predicted octanol–water partition coefficient (Wildman–Crippen LogP) is 4.18. The number of nitrogens with two attached hydrogens (primary N) is 1. The fourth-order valence-corrected chi connectivity index (χ4v) is 6.75. The molecule has 214 valence electrons. The molecule has 0 spiro atoms. The number of sulfonamides is 1. The Bertz CT molecular complexity index is 1710. The van der Waals surface area contributed by atoms with Crippen LogP contribution in [0, 0.1) is 11.2 Å². The van der Waals surface area contributed by atoms with E-state index in [1.54, 1.807) is 6.08 Å². The van der Waals surface area contributed by atoms with Gasteiger partial charge in [-0.25, -0.2) is 17.8 Å². The Morgan fingerprint density at radius 2 is 1.88 bits per heavy atom. The normalized spacial score (nSPS) is 22.0. The minimum absolute atomic E-state index is 0.00407. The van der Waals surface area contributed by atoms with Crippen LogP contribution < -0.4 is 5.73 Å². The van der Waals surface area contributed by atoms with Crippen LogP contribution in [0.4, 0.5) is 23.2 Å². The van der Waals surface area contributed by atoms with Gasteiger partial charge in [-0.15, -0.1) is 0 Å². The summed E-state index contributed by atoms with van der Waals surface area (Å²) in [6.07, 6.45) is 0.256. The first-order valence-corrected chi connectivity index (χ1v) is 13.8. The van der Waals surface area contributed by atoms with E-state index in [0.717, 1.165) is 16.6 Å². The van der Waals surface area contributed by atoms with Gasteiger partial charge in [0.1, 0.15) is 11.5 Å². The largest absolute Gasteiger partial charge is 0.416 e. The summed E-state index contributed by atoms with van der Waals surface area (Å²) < 4.78 is 83.4. The molecule has 0 amide bonds. The Labute approximate surface area is 232 Å². The first-order valence-electron chi connectivity index (χ1n) is 12.4. The summed E-state index contributed by atoms with van der Waals surface area (Å²) in [4.78, 5) is 22.6. The number of carbonyl (C=O) groups excluding carboxylic acids is 1. The number of aromatic nitrogens is 3. The van der Waals surface area contributed by atoms with Crippen molar-refractivity contribution in [3.05, 3.63) is 95.4 Å². The molecule has 1 fully saturated rings. The number of aryl methyl sites for hydroxylation is 1. The third-order valence-corrected chi connectivity index (χ3v) is 9.16. The SMILES string of the molecule is Cn1nccc1S(=O)(=O)N1CCC2=CC(=Nc3ccc(F)cc3)C(=CN)C[C@]2(C(=O)c2cc(C(F)(F)F)ccn2)C1. The summed E-state index contributed by atoms with van der Waals surface area (Å²) in [5.41, 5.74) is 4.42. The van der Waals surface area contributed by atoms with E-state index in [2.05, 4.69) is 15.1 Å². The smallest absolute Gasteiger partial charge is 0.404 e. The van der Waals surface area contributed by atoms with Crippen molar-refractivity contribution in [3.8, 4) is 0 Å². The Kier molecular flexibility index (Phi) is 7.15. The van der Waals surface area contributed by atoms with Gasteiger partial charge in [0.25, 0.3) is 10.0 Å². The van der Waals surface area contributed by atoms with Crippen LogP contribution in [0.1, 0.15) is 28.9 Å². The van der Waals surface area contributed by atoms with Crippen LogP contribution in [0.3, 0.4) is 0 Å². The maximum atomic E-state index is 14.2. The third-order valence-electron chi connectivity index (χ3n) is 7.24. The van der Waals surface area contributed by atoms with Crippen LogP contribution in [-0.4, -0.2) is 52.1 Å². The average molecular weight is 589 g/mol. The first-order chi connectivity index (χ1) is 19.3. The van der Waals surface area contributed by atoms with Crippen LogP contribution in [0.25, 0.3) is 0 Å². The van der Waals surface area contributed by atoms with Gasteiger partial charge in [0.2, 0.25) is 0 Å². The lowest BCUT2D eigenvalue weighted by molar-refractivity contribution is -0.137. The molecular formula is C27H24F4N6O3S. The number of nitrogens with zero attached hydrogens (tertiary/aromatic N) is 5. The molecule has 9 nitrogen and oxygen atoms in total. The zero-order chi connectivity index (χ0) is 29.6. The molecule has 1 aliphatic carbocycles. The molecule has 2 N–H and O–H groups in total. The standard InChI is InChI=1S/C27H24F4N6O3S/c1-36-24(7-10-34-36)41(39,40)37-11-8-18-12-22(35-21-4-2-20(28)3-5-21)17(15-32)14-26(18,16-37)25(38)23-13-19(6-9-33-23)27(29,30)31/h2-7,9-10,12-13,15H,8,11,14,16,32H2,1H3/t26-/m0/s1. The van der Waals surface area contributed by atoms with Crippen molar-refractivity contribution >= 4 is 27.2 Å². The molecule has 3 heterocycles. The number of aliphatic imine (C=N–C) groups is 1. The van der Waals surface area contributed by atoms with E-state index >= 15 is 0 Å². The molecule has 14 heteroatoms. The number of hydrogen-bond acceptors (Lipinski definition) is 7. The topological polar surface area (TPSA) is 124 Å². The Morgan fingerprint density at radius 3 is 2.51 bits per heavy atom. The van der Waals surface area contributed by atoms with E-state index in [1.165, 1.54) is 54.5 Å². The average Bonchev–Trinajstić information content (AvgIpc) is 3.39. The van der Waals surface area contributed by atoms with E-state index in [9.17, 15) is 30.8 Å². The maximum Gasteiger partial charge on any atom is 0.416 e. The molecule has 2 aliphatic rings. The fourth-order valence-electron chi connectivity index (χ4n) is 5.15. The Balaban J connectivity index is 1.65. The number of fused-ring (bicyclic) bond motifs is 1. The van der Waals surface area contributed by atoms with Gasteiger partial charge >= 0.3 is 6.18 Å². The lowest BCUT2D eigenvalue weighted by atomic mass is 9.64. The van der Waals surface area contributed by atoms with E-state index in [4.69, 9.17) is 5.73 Å². The monoisotopic (exact) mass is 588 g/mol. The second kappa shape index (κ2) is 10.3. The number of halogens is 4. The number of carbonyl (C=O) groups is 1. The number of pyridine rings is 1. The quantitative estimate of drug-likeness (QED) is 0.352. The Hall–Kier alpha value is -4.17. The van der Waals surface area contributed by atoms with Gasteiger partial charge < -0.3 is 5.73 Å². The van der Waals surface area contributed by atoms with Crippen molar-refractivity contribution in [2.45, 2.75) is 24.0 Å². The number of ketones is 1. The molecule has 0 bridgehead atoms. The number of allylic oxidation sites excluding steroid dienone is 2. The van der Waals surface area contributed by atoms with E-state index in [-0.39, 0.29) is 31.0 Å². The molecule has 1 aliphatic heterocycles. The maximum absolute atomic E-state index is 14.2. The van der Waals surface area contributed by atoms with Gasteiger partial charge in [0.15, 0.2) is 10.8 Å². The van der Waals surface area contributed by atoms with Crippen LogP contribution in [-0.2, 0) is 23.2 Å². The van der Waals surface area contributed by atoms with E-state index < -0.39 is 44.5 Å². The summed E-state index contributed by atoms with van der Waals surface area (Å²) in [5.74, 6) is -1.23. The molecule has 1 atom stereocenters. The molecule has 0 radical (unpaired) electrons. The minimum Gasteiger partial charge on any atom is -0.404 e. The Morgan fingerprint density at radius 1 is 1.15 bits per heavy atom. The highest BCUT2D eigenvalue weighted by atomic mass is 32.2. The number of Topliss-reactive ketones (excluding diaryl/α,β-unsaturated/α-hetero) is 1. The van der Waals surface area contributed by atoms with Gasteiger partial charge in [-0.05, 0) is 73.2 Å². The van der Waals surface area contributed by atoms with Crippen molar-refractivity contribution in [1.29, 1.82) is 0 Å². The molecule has 2 aromatic heterocycles. The van der Waals surface area contributed by atoms with Gasteiger partial charge in [-0.3, -0.25) is 14.5 Å². The van der Waals surface area contributed by atoms with E-state index in [1.807, 2.05) is 0 Å². The van der Waals surface area contributed by atoms with Gasteiger partial charge in [0, 0.05) is 26.3 Å². The number of rotatable bonds is 5. The zero-order valence-corrected chi connectivity index (χ0v) is 22.5. The van der Waals surface area contributed by atoms with Crippen LogP contribution >= 0.6 is 0 Å². The van der Waals surface area contributed by atoms with Crippen molar-refractivity contribution in [1.82, 2.24) is 19.1 Å². The number of hydrogen-bond donors (Lipinski definition) is 1. The van der Waals surface area contributed by atoms with E-state index in [0.29, 0.717) is 28.6 Å². The van der Waals surface area contributed by atoms with Gasteiger partial charge in [0.05, 0.1) is 28.6 Å². The van der Waals surface area contributed by atoms with Crippen molar-refractivity contribution in [2.24, 2.45) is 23.2 Å². The molecule has 3 aromatic rings. The second-order valence-electron chi connectivity index (χ2n) is 9.73. The first kappa shape index (κ1) is 28.4. The molecule has 1 saturated heterocycles. The lowest BCUT2D eigenvalue weighted by Gasteiger charge is -2.45. The van der Waals surface area contributed by atoms with Gasteiger partial charge in [-0.1, -0.05) is 5.57 Å². The highest BCUT2D eigenvalue weighted by Crippen LogP contribution is 2.48. The zero-order valence-electron chi connectivity index (χ0n) is 21.6. The van der Waals surface area contributed by atoms with Crippen LogP contribution in [0.15, 0.2) is 88.3 Å². The summed E-state index contributed by atoms with van der Waals surface area (Å²) >= 11 is 0. The highest BCUT2D eigenvalue weighted by molar-refractivity contribution is 7.89. The molecule has 41 heavy (non-hydrogen) atoms. The summed E-state index contributed by atoms with van der Waals surface area (Å²) in [6, 6.07) is 8.12. The summed E-state index contributed by atoms with van der Waals surface area (Å²) in [7, 11) is -2.68. The van der Waals surface area contributed by atoms with Crippen molar-refractivity contribution in [3.63, 3.8) is 0 Å². The molecule has 0 unspecified atom stereocenters. The van der Waals surface area contributed by atoms with Crippen LogP contribution in [0.5, 0.6) is 0 Å². The number of alkyl halides is 3.